The van der Waals surface area contributed by atoms with Crippen molar-refractivity contribution in [3.8, 4) is 5.88 Å². The van der Waals surface area contributed by atoms with Crippen LogP contribution in [0.3, 0.4) is 0 Å². The minimum atomic E-state index is -3.29. The molecule has 2 aliphatic heterocycles. The van der Waals surface area contributed by atoms with E-state index in [9.17, 15) is 9.00 Å². The van der Waals surface area contributed by atoms with Crippen LogP contribution in [0, 0.1) is 5.92 Å². The van der Waals surface area contributed by atoms with Gasteiger partial charge in [-0.3, -0.25) is 0 Å². The Morgan fingerprint density at radius 2 is 1.91 bits per heavy atom. The van der Waals surface area contributed by atoms with Gasteiger partial charge >= 0.3 is 6.03 Å². The molecular formula is C23H29N5O4S. The number of carbonyl (C=O) groups excluding carboxylic acids is 1. The molecular weight excluding hydrogens is 442 g/mol. The van der Waals surface area contributed by atoms with Gasteiger partial charge in [0.2, 0.25) is 5.88 Å². The maximum absolute atomic E-state index is 14.1. The first-order valence-electron chi connectivity index (χ1n) is 11.9. The lowest BCUT2D eigenvalue weighted by atomic mass is 9.99. The summed E-state index contributed by atoms with van der Waals surface area (Å²) in [5.74, 6) is 0.644. The van der Waals surface area contributed by atoms with Gasteiger partial charge in [-0.25, -0.2) is 22.8 Å². The molecule has 1 aromatic heterocycles. The zero-order valence-electron chi connectivity index (χ0n) is 18.6. The third kappa shape index (κ3) is 3.78. The number of rotatable bonds is 5. The number of anilines is 1. The van der Waals surface area contributed by atoms with Crippen LogP contribution in [0.2, 0.25) is 0 Å². The van der Waals surface area contributed by atoms with Crippen molar-refractivity contribution in [2.24, 2.45) is 10.3 Å². The molecule has 4 aliphatic rings. The standard InChI is InChI=1S/C23H29N5O4S/c29-23(26-21-18-6-1-4-16(18)10-17-5-2-7-19(17)21)27-33(30,25-11-15-13-31-14-15)20-12-24-28-8-3-9-32-22(20)28/h10,12,15H,1-9,11,13-14H2,(H2,25,26,27,29,30). The first-order valence-corrected chi connectivity index (χ1v) is 13.4. The van der Waals surface area contributed by atoms with Crippen LogP contribution in [0.25, 0.3) is 0 Å². The smallest absolute Gasteiger partial charge is 0.331 e. The van der Waals surface area contributed by atoms with Crippen LogP contribution in [-0.2, 0) is 46.9 Å². The minimum Gasteiger partial charge on any atom is -0.477 e. The Balaban J connectivity index is 1.32. The summed E-state index contributed by atoms with van der Waals surface area (Å²) in [7, 11) is -3.29. The molecule has 2 aliphatic carbocycles. The molecule has 1 fully saturated rings. The number of fused-ring (bicyclic) bond motifs is 3. The number of ether oxygens (including phenoxy) is 2. The van der Waals surface area contributed by atoms with E-state index in [1.54, 1.807) is 4.68 Å². The van der Waals surface area contributed by atoms with Crippen LogP contribution < -0.4 is 14.8 Å². The molecule has 3 heterocycles. The Morgan fingerprint density at radius 1 is 1.15 bits per heavy atom. The van der Waals surface area contributed by atoms with Gasteiger partial charge in [0.1, 0.15) is 4.90 Å². The van der Waals surface area contributed by atoms with Gasteiger partial charge in [0.15, 0.2) is 9.92 Å². The Kier molecular flexibility index (Phi) is 5.29. The quantitative estimate of drug-likeness (QED) is 0.697. The van der Waals surface area contributed by atoms with Gasteiger partial charge in [-0.05, 0) is 60.8 Å². The molecule has 10 heteroatoms. The molecule has 1 atom stereocenters. The van der Waals surface area contributed by atoms with E-state index in [1.165, 1.54) is 28.5 Å². The van der Waals surface area contributed by atoms with Crippen LogP contribution >= 0.6 is 0 Å². The summed E-state index contributed by atoms with van der Waals surface area (Å²) in [4.78, 5) is 13.6. The number of hydrogen-bond acceptors (Lipinski definition) is 6. The lowest BCUT2D eigenvalue weighted by molar-refractivity contribution is -0.0264. The third-order valence-corrected chi connectivity index (χ3v) is 8.83. The fraction of sp³-hybridized carbons (Fsp3) is 0.565. The number of amides is 2. The van der Waals surface area contributed by atoms with E-state index in [0.29, 0.717) is 43.7 Å². The van der Waals surface area contributed by atoms with Gasteiger partial charge in [-0.15, -0.1) is 0 Å². The summed E-state index contributed by atoms with van der Waals surface area (Å²) in [6, 6.07) is 1.82. The number of nitrogens with one attached hydrogen (secondary N) is 2. The number of benzene rings is 1. The summed E-state index contributed by atoms with van der Waals surface area (Å²) >= 11 is 0. The zero-order chi connectivity index (χ0) is 22.4. The van der Waals surface area contributed by atoms with E-state index in [1.807, 2.05) is 0 Å². The second kappa shape index (κ2) is 8.32. The topological polar surface area (TPSA) is 107 Å². The molecule has 176 valence electrons. The molecule has 0 radical (unpaired) electrons. The third-order valence-electron chi connectivity index (χ3n) is 6.97. The highest BCUT2D eigenvalue weighted by Gasteiger charge is 2.30. The predicted octanol–water partition coefficient (Wildman–Crippen LogP) is 2.85. The van der Waals surface area contributed by atoms with E-state index >= 15 is 0 Å². The Bertz CT molecular complexity index is 1190. The van der Waals surface area contributed by atoms with Crippen molar-refractivity contribution in [2.75, 3.05) is 31.7 Å². The fourth-order valence-electron chi connectivity index (χ4n) is 5.22. The zero-order valence-corrected chi connectivity index (χ0v) is 19.4. The van der Waals surface area contributed by atoms with Gasteiger partial charge < -0.3 is 14.8 Å². The van der Waals surface area contributed by atoms with E-state index in [0.717, 1.165) is 50.6 Å². The van der Waals surface area contributed by atoms with Gasteiger partial charge in [-0.2, -0.15) is 5.10 Å². The van der Waals surface area contributed by atoms with Crippen molar-refractivity contribution >= 4 is 21.6 Å². The van der Waals surface area contributed by atoms with Crippen LogP contribution in [0.4, 0.5) is 10.5 Å². The molecule has 2 N–H and O–H groups in total. The Hall–Kier alpha value is -2.59. The van der Waals surface area contributed by atoms with E-state index < -0.39 is 15.9 Å². The second-order valence-corrected chi connectivity index (χ2v) is 11.2. The van der Waals surface area contributed by atoms with Gasteiger partial charge in [0, 0.05) is 24.6 Å². The van der Waals surface area contributed by atoms with Crippen molar-refractivity contribution < 1.29 is 18.5 Å². The van der Waals surface area contributed by atoms with Crippen molar-refractivity contribution in [1.82, 2.24) is 14.5 Å². The molecule has 0 saturated carbocycles. The van der Waals surface area contributed by atoms with Crippen LogP contribution in [0.1, 0.15) is 41.5 Å². The first-order chi connectivity index (χ1) is 16.1. The van der Waals surface area contributed by atoms with E-state index in [4.69, 9.17) is 9.47 Å². The normalized spacial score (nSPS) is 20.6. The highest BCUT2D eigenvalue weighted by Crippen LogP contribution is 2.38. The van der Waals surface area contributed by atoms with E-state index in [-0.39, 0.29) is 5.92 Å². The molecule has 33 heavy (non-hydrogen) atoms. The van der Waals surface area contributed by atoms with Crippen LogP contribution in [0.5, 0.6) is 5.88 Å². The molecule has 1 aromatic carbocycles. The van der Waals surface area contributed by atoms with Crippen LogP contribution in [0.15, 0.2) is 21.5 Å². The van der Waals surface area contributed by atoms with Gasteiger partial charge in [0.05, 0.1) is 32.6 Å². The molecule has 2 amide bonds. The SMILES string of the molecule is O=C(Nc1c2c(cc3c1CCC3)CCC2)NS(=O)(=NCC1COC1)c1cnn2c1OCCC2. The summed E-state index contributed by atoms with van der Waals surface area (Å²) in [6.07, 6.45) is 8.58. The van der Waals surface area contributed by atoms with Gasteiger partial charge in [0.25, 0.3) is 0 Å². The Morgan fingerprint density at radius 3 is 2.61 bits per heavy atom. The highest BCUT2D eigenvalue weighted by atomic mass is 32.2. The number of aromatic nitrogens is 2. The average molecular weight is 472 g/mol. The van der Waals surface area contributed by atoms with Crippen molar-refractivity contribution in [3.63, 3.8) is 0 Å². The largest absolute Gasteiger partial charge is 0.477 e. The second-order valence-electron chi connectivity index (χ2n) is 9.27. The fourth-order valence-corrected chi connectivity index (χ4v) is 6.85. The number of nitrogens with zero attached hydrogens (tertiary/aromatic N) is 3. The maximum Gasteiger partial charge on any atom is 0.331 e. The predicted molar refractivity (Wildman–Crippen MR) is 123 cm³/mol. The number of hydrogen-bond donors (Lipinski definition) is 2. The lowest BCUT2D eigenvalue weighted by Crippen LogP contribution is -2.36. The molecule has 1 saturated heterocycles. The molecule has 6 rings (SSSR count). The number of carbonyl (C=O) groups is 1. The highest BCUT2D eigenvalue weighted by molar-refractivity contribution is 7.92. The summed E-state index contributed by atoms with van der Waals surface area (Å²) < 4.78 is 34.0. The summed E-state index contributed by atoms with van der Waals surface area (Å²) in [6.45, 7) is 2.75. The van der Waals surface area contributed by atoms with Crippen molar-refractivity contribution in [3.05, 3.63) is 34.5 Å². The van der Waals surface area contributed by atoms with Crippen LogP contribution in [-0.4, -0.2) is 46.4 Å². The maximum atomic E-state index is 14.1. The monoisotopic (exact) mass is 471 g/mol. The van der Waals surface area contributed by atoms with Gasteiger partial charge in [-0.1, -0.05) is 6.07 Å². The molecule has 1 unspecified atom stereocenters. The van der Waals surface area contributed by atoms with Crippen molar-refractivity contribution in [1.29, 1.82) is 0 Å². The number of aryl methyl sites for hydroxylation is 3. The first kappa shape index (κ1) is 21.0. The molecule has 2 aromatic rings. The number of urea groups is 1. The van der Waals surface area contributed by atoms with Crippen molar-refractivity contribution in [2.45, 2.75) is 56.4 Å². The average Bonchev–Trinajstić information content (AvgIpc) is 3.51. The molecule has 0 spiro atoms. The molecule has 0 bridgehead atoms. The minimum absolute atomic E-state index is 0.212. The van der Waals surface area contributed by atoms with E-state index in [2.05, 4.69) is 25.6 Å². The Labute approximate surface area is 193 Å². The summed E-state index contributed by atoms with van der Waals surface area (Å²) in [5.41, 5.74) is 6.04. The lowest BCUT2D eigenvalue weighted by Gasteiger charge is -2.25. The summed E-state index contributed by atoms with van der Waals surface area (Å²) in [5, 5.41) is 7.40. The molecule has 9 nitrogen and oxygen atoms in total.